The molecule has 1 aliphatic rings. The summed E-state index contributed by atoms with van der Waals surface area (Å²) in [4.78, 5) is 12.2. The van der Waals surface area contributed by atoms with Crippen LogP contribution < -0.4 is 20.1 Å². The molecule has 2 N–H and O–H groups in total. The number of ether oxygens (including phenoxy) is 2. The van der Waals surface area contributed by atoms with Gasteiger partial charge in [0.2, 0.25) is 5.91 Å². The smallest absolute Gasteiger partial charge is 0.237 e. The Labute approximate surface area is 138 Å². The number of hydrogen-bond acceptors (Lipinski definition) is 4. The fourth-order valence-corrected chi connectivity index (χ4v) is 2.60. The Hall–Kier alpha value is -1.46. The summed E-state index contributed by atoms with van der Waals surface area (Å²) >= 11 is 0. The van der Waals surface area contributed by atoms with Gasteiger partial charge < -0.3 is 20.1 Å². The maximum atomic E-state index is 12.2. The minimum absolute atomic E-state index is 0. The third-order valence-corrected chi connectivity index (χ3v) is 3.89. The van der Waals surface area contributed by atoms with Gasteiger partial charge in [0.1, 0.15) is 0 Å². The number of carbonyl (C=O) groups excluding carboxylic acids is 1. The molecule has 2 rings (SSSR count). The Kier molecular flexibility index (Phi) is 7.48. The topological polar surface area (TPSA) is 59.6 Å². The van der Waals surface area contributed by atoms with Gasteiger partial charge in [-0.25, -0.2) is 0 Å². The molecule has 0 saturated carbocycles. The van der Waals surface area contributed by atoms with Crippen molar-refractivity contribution in [3.63, 3.8) is 0 Å². The first-order valence-electron chi connectivity index (χ1n) is 7.41. The Morgan fingerprint density at radius 1 is 1.27 bits per heavy atom. The normalized spacial score (nSPS) is 18.8. The van der Waals surface area contributed by atoms with Crippen molar-refractivity contribution in [2.45, 2.75) is 38.3 Å². The van der Waals surface area contributed by atoms with E-state index in [2.05, 4.69) is 10.6 Å². The molecule has 2 atom stereocenters. The van der Waals surface area contributed by atoms with E-state index in [0.29, 0.717) is 11.5 Å². The third-order valence-electron chi connectivity index (χ3n) is 3.89. The first-order chi connectivity index (χ1) is 10.2. The van der Waals surface area contributed by atoms with Gasteiger partial charge in [-0.1, -0.05) is 12.5 Å². The van der Waals surface area contributed by atoms with Gasteiger partial charge >= 0.3 is 0 Å². The second-order valence-corrected chi connectivity index (χ2v) is 5.35. The summed E-state index contributed by atoms with van der Waals surface area (Å²) in [6, 6.07) is 5.57. The van der Waals surface area contributed by atoms with Crippen LogP contribution in [0.4, 0.5) is 0 Å². The van der Waals surface area contributed by atoms with E-state index in [9.17, 15) is 4.79 Å². The van der Waals surface area contributed by atoms with Gasteiger partial charge in [0.25, 0.3) is 0 Å². The molecule has 0 radical (unpaired) electrons. The second-order valence-electron chi connectivity index (χ2n) is 5.35. The molecule has 2 unspecified atom stereocenters. The number of benzene rings is 1. The highest BCUT2D eigenvalue weighted by molar-refractivity contribution is 5.85. The molecule has 1 aliphatic heterocycles. The zero-order chi connectivity index (χ0) is 15.2. The van der Waals surface area contributed by atoms with E-state index < -0.39 is 0 Å². The SMILES string of the molecule is COc1ccc(C(C)NC(=O)C2CCCCN2)cc1OC.Cl. The third kappa shape index (κ3) is 4.52. The van der Waals surface area contributed by atoms with Gasteiger partial charge in [0, 0.05) is 0 Å². The molecular formula is C16H25ClN2O3. The number of hydrogen-bond donors (Lipinski definition) is 2. The fraction of sp³-hybridized carbons (Fsp3) is 0.562. The van der Waals surface area contributed by atoms with Gasteiger partial charge in [-0.3, -0.25) is 4.79 Å². The second kappa shape index (κ2) is 8.86. The number of halogens is 1. The first kappa shape index (κ1) is 18.6. The van der Waals surface area contributed by atoms with Gasteiger partial charge in [0.15, 0.2) is 11.5 Å². The quantitative estimate of drug-likeness (QED) is 0.871. The van der Waals surface area contributed by atoms with Crippen molar-refractivity contribution in [1.82, 2.24) is 10.6 Å². The Balaban J connectivity index is 0.00000242. The number of piperidine rings is 1. The summed E-state index contributed by atoms with van der Waals surface area (Å²) in [5.41, 5.74) is 0.997. The van der Waals surface area contributed by atoms with Crippen LogP contribution in [0, 0.1) is 0 Å². The molecule has 1 fully saturated rings. The highest BCUT2D eigenvalue weighted by Gasteiger charge is 2.22. The molecule has 0 bridgehead atoms. The minimum atomic E-state index is -0.0685. The molecule has 5 nitrogen and oxygen atoms in total. The van der Waals surface area contributed by atoms with Crippen molar-refractivity contribution < 1.29 is 14.3 Å². The van der Waals surface area contributed by atoms with Gasteiger partial charge in [-0.05, 0) is 44.0 Å². The molecule has 0 aromatic heterocycles. The monoisotopic (exact) mass is 328 g/mol. The van der Waals surface area contributed by atoms with Crippen LogP contribution in [0.5, 0.6) is 11.5 Å². The van der Waals surface area contributed by atoms with Crippen molar-refractivity contribution >= 4 is 18.3 Å². The van der Waals surface area contributed by atoms with Crippen LogP contribution in [0.3, 0.4) is 0 Å². The predicted octanol–water partition coefficient (Wildman–Crippen LogP) is 2.44. The molecule has 0 aliphatic carbocycles. The van der Waals surface area contributed by atoms with E-state index >= 15 is 0 Å². The molecule has 1 amide bonds. The lowest BCUT2D eigenvalue weighted by Gasteiger charge is -2.25. The molecule has 1 aromatic rings. The molecule has 6 heteroatoms. The average molecular weight is 329 g/mol. The van der Waals surface area contributed by atoms with Crippen LogP contribution in [0.2, 0.25) is 0 Å². The Bertz CT molecular complexity index is 490. The Morgan fingerprint density at radius 3 is 2.59 bits per heavy atom. The number of nitrogens with one attached hydrogen (secondary N) is 2. The van der Waals surface area contributed by atoms with E-state index in [4.69, 9.17) is 9.47 Å². The number of carbonyl (C=O) groups is 1. The van der Waals surface area contributed by atoms with Gasteiger partial charge in [-0.2, -0.15) is 0 Å². The molecule has 124 valence electrons. The molecule has 0 spiro atoms. The number of amides is 1. The lowest BCUT2D eigenvalue weighted by molar-refractivity contribution is -0.124. The summed E-state index contributed by atoms with van der Waals surface area (Å²) in [7, 11) is 3.22. The van der Waals surface area contributed by atoms with Crippen molar-refractivity contribution in [3.8, 4) is 11.5 Å². The molecule has 1 saturated heterocycles. The van der Waals surface area contributed by atoms with Crippen LogP contribution in [0.1, 0.15) is 37.8 Å². The first-order valence-corrected chi connectivity index (χ1v) is 7.41. The maximum absolute atomic E-state index is 12.2. The summed E-state index contributed by atoms with van der Waals surface area (Å²) < 4.78 is 10.5. The summed E-state index contributed by atoms with van der Waals surface area (Å²) in [5.74, 6) is 1.43. The average Bonchev–Trinajstić information content (AvgIpc) is 2.54. The summed E-state index contributed by atoms with van der Waals surface area (Å²) in [6.45, 7) is 2.89. The molecule has 1 aromatic carbocycles. The highest BCUT2D eigenvalue weighted by Crippen LogP contribution is 2.29. The standard InChI is InChI=1S/C16H24N2O3.ClH/c1-11(18-16(19)13-6-4-5-9-17-13)12-7-8-14(20-2)15(10-12)21-3;/h7-8,10-11,13,17H,4-6,9H2,1-3H3,(H,18,19);1H. The van der Waals surface area contributed by atoms with Crippen molar-refractivity contribution in [2.75, 3.05) is 20.8 Å². The van der Waals surface area contributed by atoms with E-state index in [1.807, 2.05) is 25.1 Å². The summed E-state index contributed by atoms with van der Waals surface area (Å²) in [5, 5.41) is 6.32. The van der Waals surface area contributed by atoms with Crippen LogP contribution in [0.25, 0.3) is 0 Å². The summed E-state index contributed by atoms with van der Waals surface area (Å²) in [6.07, 6.45) is 3.16. The molecule has 1 heterocycles. The maximum Gasteiger partial charge on any atom is 0.237 e. The highest BCUT2D eigenvalue weighted by atomic mass is 35.5. The number of methoxy groups -OCH3 is 2. The van der Waals surface area contributed by atoms with Crippen molar-refractivity contribution in [2.24, 2.45) is 0 Å². The zero-order valence-corrected chi connectivity index (χ0v) is 14.2. The lowest BCUT2D eigenvalue weighted by atomic mass is 10.0. The largest absolute Gasteiger partial charge is 0.493 e. The van der Waals surface area contributed by atoms with Crippen LogP contribution in [-0.2, 0) is 4.79 Å². The van der Waals surface area contributed by atoms with Crippen LogP contribution in [0.15, 0.2) is 18.2 Å². The zero-order valence-electron chi connectivity index (χ0n) is 13.3. The van der Waals surface area contributed by atoms with Crippen molar-refractivity contribution in [3.05, 3.63) is 23.8 Å². The molecular weight excluding hydrogens is 304 g/mol. The lowest BCUT2D eigenvalue weighted by Crippen LogP contribution is -2.47. The van der Waals surface area contributed by atoms with Gasteiger partial charge in [-0.15, -0.1) is 12.4 Å². The number of rotatable bonds is 5. The van der Waals surface area contributed by atoms with E-state index in [1.54, 1.807) is 14.2 Å². The van der Waals surface area contributed by atoms with Gasteiger partial charge in [0.05, 0.1) is 26.3 Å². The fourth-order valence-electron chi connectivity index (χ4n) is 2.60. The van der Waals surface area contributed by atoms with Crippen LogP contribution in [-0.4, -0.2) is 32.7 Å². The van der Waals surface area contributed by atoms with E-state index in [0.717, 1.165) is 31.4 Å². The van der Waals surface area contributed by atoms with Crippen LogP contribution >= 0.6 is 12.4 Å². The predicted molar refractivity (Wildman–Crippen MR) is 89.0 cm³/mol. The van der Waals surface area contributed by atoms with Crippen molar-refractivity contribution in [1.29, 1.82) is 0 Å². The Morgan fingerprint density at radius 2 is 2.00 bits per heavy atom. The van der Waals surface area contributed by atoms with E-state index in [-0.39, 0.29) is 30.4 Å². The van der Waals surface area contributed by atoms with E-state index in [1.165, 1.54) is 0 Å². The molecule has 22 heavy (non-hydrogen) atoms. The minimum Gasteiger partial charge on any atom is -0.493 e.